The zero-order chi connectivity index (χ0) is 18.2. The quantitative estimate of drug-likeness (QED) is 0.593. The standard InChI is InChI=1S/C22H34O2/c1-7-24-19(4)20-13-15-22(5,6)21(20)12-11-17(2)9-8-10-18(3)14-16-23/h8-12,14,19,23H,7,13,15-16H2,1-6H3/b10-8+,12-11+,17-9+,18-14+. The van der Waals surface area contributed by atoms with Crippen LogP contribution in [0.5, 0.6) is 0 Å². The van der Waals surface area contributed by atoms with Crippen LogP contribution in [0.25, 0.3) is 0 Å². The lowest BCUT2D eigenvalue weighted by Crippen LogP contribution is -2.13. The molecule has 0 saturated carbocycles. The molecule has 1 unspecified atom stereocenters. The summed E-state index contributed by atoms with van der Waals surface area (Å²) in [6.07, 6.45) is 14.9. The lowest BCUT2D eigenvalue weighted by atomic mass is 9.84. The minimum Gasteiger partial charge on any atom is -0.392 e. The van der Waals surface area contributed by atoms with E-state index < -0.39 is 0 Å². The van der Waals surface area contributed by atoms with Gasteiger partial charge in [-0.2, -0.15) is 0 Å². The fourth-order valence-corrected chi connectivity index (χ4v) is 3.09. The first-order valence-electron chi connectivity index (χ1n) is 8.97. The maximum absolute atomic E-state index is 8.86. The van der Waals surface area contributed by atoms with Crippen molar-refractivity contribution in [3.05, 3.63) is 58.7 Å². The highest BCUT2D eigenvalue weighted by atomic mass is 16.5. The summed E-state index contributed by atoms with van der Waals surface area (Å²) < 4.78 is 5.83. The van der Waals surface area contributed by atoms with Crippen LogP contribution in [0.3, 0.4) is 0 Å². The van der Waals surface area contributed by atoms with Gasteiger partial charge in [-0.05, 0) is 57.1 Å². The van der Waals surface area contributed by atoms with E-state index in [2.05, 4.69) is 52.8 Å². The highest BCUT2D eigenvalue weighted by Gasteiger charge is 2.32. The van der Waals surface area contributed by atoms with Gasteiger partial charge in [-0.25, -0.2) is 0 Å². The summed E-state index contributed by atoms with van der Waals surface area (Å²) in [4.78, 5) is 0. The number of allylic oxidation sites excluding steroid dienone is 8. The first-order valence-corrected chi connectivity index (χ1v) is 8.97. The molecule has 1 rings (SSSR count). The molecule has 0 aromatic heterocycles. The second-order valence-electron chi connectivity index (χ2n) is 7.15. The van der Waals surface area contributed by atoms with Gasteiger partial charge in [0.1, 0.15) is 0 Å². The van der Waals surface area contributed by atoms with Gasteiger partial charge in [-0.3, -0.25) is 0 Å². The van der Waals surface area contributed by atoms with Crippen LogP contribution in [0.2, 0.25) is 0 Å². The Kier molecular flexibility index (Phi) is 8.44. The Labute approximate surface area is 148 Å². The van der Waals surface area contributed by atoms with Gasteiger partial charge in [0.25, 0.3) is 0 Å². The molecular weight excluding hydrogens is 296 g/mol. The third-order valence-electron chi connectivity index (χ3n) is 4.65. The van der Waals surface area contributed by atoms with Crippen molar-refractivity contribution in [2.24, 2.45) is 5.41 Å². The summed E-state index contributed by atoms with van der Waals surface area (Å²) in [5.74, 6) is 0. The molecule has 2 nitrogen and oxygen atoms in total. The Bertz CT molecular complexity index is 557. The molecule has 134 valence electrons. The van der Waals surface area contributed by atoms with E-state index in [0.29, 0.717) is 0 Å². The molecule has 1 N–H and O–H groups in total. The number of hydrogen-bond acceptors (Lipinski definition) is 2. The molecular formula is C22H34O2. The summed E-state index contributed by atoms with van der Waals surface area (Å²) in [6.45, 7) is 13.8. The van der Waals surface area contributed by atoms with E-state index >= 15 is 0 Å². The van der Waals surface area contributed by atoms with Crippen molar-refractivity contribution in [3.8, 4) is 0 Å². The van der Waals surface area contributed by atoms with Crippen molar-refractivity contribution in [2.75, 3.05) is 13.2 Å². The monoisotopic (exact) mass is 330 g/mol. The SMILES string of the molecule is CCOC(C)C1=C(/C=C/C(C)=C/C=C/C(C)=C/CO)C(C)(C)CC1. The minimum absolute atomic E-state index is 0.0861. The number of aliphatic hydroxyl groups is 1. The summed E-state index contributed by atoms with van der Waals surface area (Å²) in [6, 6.07) is 0. The first-order chi connectivity index (χ1) is 11.3. The maximum atomic E-state index is 8.86. The van der Waals surface area contributed by atoms with Gasteiger partial charge < -0.3 is 9.84 Å². The highest BCUT2D eigenvalue weighted by molar-refractivity contribution is 5.40. The van der Waals surface area contributed by atoms with E-state index in [0.717, 1.165) is 18.6 Å². The normalized spacial score (nSPS) is 20.6. The number of hydrogen-bond donors (Lipinski definition) is 1. The van der Waals surface area contributed by atoms with Crippen LogP contribution in [-0.4, -0.2) is 24.4 Å². The molecule has 0 radical (unpaired) electrons. The van der Waals surface area contributed by atoms with Crippen molar-refractivity contribution in [1.29, 1.82) is 0 Å². The topological polar surface area (TPSA) is 29.5 Å². The van der Waals surface area contributed by atoms with E-state index in [1.165, 1.54) is 23.1 Å². The Hall–Kier alpha value is -1.38. The second kappa shape index (κ2) is 9.80. The zero-order valence-corrected chi connectivity index (χ0v) is 16.2. The van der Waals surface area contributed by atoms with Gasteiger partial charge in [-0.15, -0.1) is 0 Å². The van der Waals surface area contributed by atoms with Crippen LogP contribution in [0, 0.1) is 5.41 Å². The minimum atomic E-state index is 0.0861. The predicted molar refractivity (Wildman–Crippen MR) is 104 cm³/mol. The third kappa shape index (κ3) is 6.26. The van der Waals surface area contributed by atoms with Gasteiger partial charge in [0.05, 0.1) is 12.7 Å². The van der Waals surface area contributed by atoms with E-state index in [1.807, 2.05) is 19.1 Å². The molecule has 0 bridgehead atoms. The van der Waals surface area contributed by atoms with E-state index in [9.17, 15) is 0 Å². The van der Waals surface area contributed by atoms with Gasteiger partial charge in [0.2, 0.25) is 0 Å². The Morgan fingerprint density at radius 1 is 1.25 bits per heavy atom. The van der Waals surface area contributed by atoms with Crippen molar-refractivity contribution < 1.29 is 9.84 Å². The highest BCUT2D eigenvalue weighted by Crippen LogP contribution is 2.44. The molecule has 0 amide bonds. The number of rotatable bonds is 8. The molecule has 1 atom stereocenters. The molecule has 24 heavy (non-hydrogen) atoms. The second-order valence-corrected chi connectivity index (χ2v) is 7.15. The van der Waals surface area contributed by atoms with Crippen molar-refractivity contribution in [2.45, 2.75) is 60.5 Å². The molecule has 0 aromatic rings. The lowest BCUT2D eigenvalue weighted by molar-refractivity contribution is 0.0994. The molecule has 0 aliphatic heterocycles. The molecule has 0 spiro atoms. The average Bonchev–Trinajstić information content (AvgIpc) is 2.80. The molecule has 0 heterocycles. The molecule has 1 aliphatic rings. The smallest absolute Gasteiger partial charge is 0.0762 e. The van der Waals surface area contributed by atoms with Crippen LogP contribution in [0.4, 0.5) is 0 Å². The van der Waals surface area contributed by atoms with Gasteiger partial charge in [0.15, 0.2) is 0 Å². The van der Waals surface area contributed by atoms with E-state index in [-0.39, 0.29) is 18.1 Å². The Balaban J connectivity index is 2.91. The van der Waals surface area contributed by atoms with Crippen LogP contribution >= 0.6 is 0 Å². The summed E-state index contributed by atoms with van der Waals surface area (Å²) in [5.41, 5.74) is 5.37. The van der Waals surface area contributed by atoms with E-state index in [1.54, 1.807) is 6.08 Å². The van der Waals surface area contributed by atoms with Gasteiger partial charge in [-0.1, -0.05) is 61.4 Å². The largest absolute Gasteiger partial charge is 0.392 e. The van der Waals surface area contributed by atoms with Crippen LogP contribution in [-0.2, 0) is 4.74 Å². The fraction of sp³-hybridized carbons (Fsp3) is 0.545. The molecule has 0 fully saturated rings. The molecule has 1 aliphatic carbocycles. The number of aliphatic hydroxyl groups excluding tert-OH is 1. The van der Waals surface area contributed by atoms with Crippen LogP contribution in [0.15, 0.2) is 58.7 Å². The number of ether oxygens (including phenoxy) is 1. The summed E-state index contributed by atoms with van der Waals surface area (Å²) in [7, 11) is 0. The summed E-state index contributed by atoms with van der Waals surface area (Å²) >= 11 is 0. The third-order valence-corrected chi connectivity index (χ3v) is 4.65. The fourth-order valence-electron chi connectivity index (χ4n) is 3.09. The van der Waals surface area contributed by atoms with Crippen LogP contribution in [0.1, 0.15) is 54.4 Å². The van der Waals surface area contributed by atoms with Gasteiger partial charge in [0, 0.05) is 6.61 Å². The van der Waals surface area contributed by atoms with Crippen LogP contribution < -0.4 is 0 Å². The first kappa shape index (κ1) is 20.7. The Morgan fingerprint density at radius 2 is 1.96 bits per heavy atom. The van der Waals surface area contributed by atoms with Gasteiger partial charge >= 0.3 is 0 Å². The summed E-state index contributed by atoms with van der Waals surface area (Å²) in [5, 5.41) is 8.86. The molecule has 0 saturated heterocycles. The molecule has 0 aromatic carbocycles. The zero-order valence-electron chi connectivity index (χ0n) is 16.2. The van der Waals surface area contributed by atoms with Crippen molar-refractivity contribution >= 4 is 0 Å². The predicted octanol–water partition coefficient (Wildman–Crippen LogP) is 5.53. The Morgan fingerprint density at radius 3 is 2.58 bits per heavy atom. The molecule has 2 heteroatoms. The van der Waals surface area contributed by atoms with Crippen molar-refractivity contribution in [3.63, 3.8) is 0 Å². The average molecular weight is 331 g/mol. The van der Waals surface area contributed by atoms with Crippen molar-refractivity contribution in [1.82, 2.24) is 0 Å². The maximum Gasteiger partial charge on any atom is 0.0762 e. The lowest BCUT2D eigenvalue weighted by Gasteiger charge is -2.22. The van der Waals surface area contributed by atoms with E-state index in [4.69, 9.17) is 9.84 Å².